The summed E-state index contributed by atoms with van der Waals surface area (Å²) in [4.78, 5) is 21.7. The summed E-state index contributed by atoms with van der Waals surface area (Å²) in [5.41, 5.74) is 1.32. The average Bonchev–Trinajstić information content (AvgIpc) is 2.90. The molecule has 0 bridgehead atoms. The van der Waals surface area contributed by atoms with Crippen LogP contribution in [0.5, 0.6) is 0 Å². The van der Waals surface area contributed by atoms with Gasteiger partial charge in [-0.05, 0) is 26.7 Å². The van der Waals surface area contributed by atoms with Crippen molar-refractivity contribution in [2.24, 2.45) is 0 Å². The summed E-state index contributed by atoms with van der Waals surface area (Å²) in [5, 5.41) is 6.47. The molecule has 0 radical (unpaired) electrons. The van der Waals surface area contributed by atoms with Crippen LogP contribution >= 0.6 is 0 Å². The Labute approximate surface area is 155 Å². The highest BCUT2D eigenvalue weighted by Gasteiger charge is 2.17. The second-order valence-corrected chi connectivity index (χ2v) is 7.29. The largest absolute Gasteiger partial charge is 0.367 e. The highest BCUT2D eigenvalue weighted by molar-refractivity contribution is 5.93. The number of aromatic nitrogens is 2. The van der Waals surface area contributed by atoms with Crippen molar-refractivity contribution in [1.82, 2.24) is 15.3 Å². The number of nitrogens with zero attached hydrogens (tertiary/aromatic N) is 2. The summed E-state index contributed by atoms with van der Waals surface area (Å²) in [6.07, 6.45) is 7.40. The number of benzene rings is 1. The number of carbonyl (C=O) groups is 1. The molecule has 0 saturated heterocycles. The fourth-order valence-electron chi connectivity index (χ4n) is 3.32. The van der Waals surface area contributed by atoms with Crippen molar-refractivity contribution in [3.63, 3.8) is 0 Å². The Morgan fingerprint density at radius 1 is 1.04 bits per heavy atom. The molecule has 3 rings (SSSR count). The van der Waals surface area contributed by atoms with Crippen LogP contribution in [0.1, 0.15) is 62.9 Å². The summed E-state index contributed by atoms with van der Waals surface area (Å²) >= 11 is 0. The quantitative estimate of drug-likeness (QED) is 0.782. The maximum Gasteiger partial charge on any atom is 0.270 e. The van der Waals surface area contributed by atoms with Crippen LogP contribution in [0.15, 0.2) is 36.4 Å². The zero-order valence-electron chi connectivity index (χ0n) is 15.7. The Morgan fingerprint density at radius 3 is 2.38 bits per heavy atom. The molecule has 0 aliphatic heterocycles. The molecule has 26 heavy (non-hydrogen) atoms. The van der Waals surface area contributed by atoms with E-state index in [-0.39, 0.29) is 11.9 Å². The third-order valence-corrected chi connectivity index (χ3v) is 4.62. The number of hydrogen-bond acceptors (Lipinski definition) is 4. The Bertz CT molecular complexity index is 722. The number of hydrogen-bond donors (Lipinski definition) is 2. The highest BCUT2D eigenvalue weighted by Crippen LogP contribution is 2.23. The Kier molecular flexibility index (Phi) is 6.21. The first-order valence-electron chi connectivity index (χ1n) is 9.64. The summed E-state index contributed by atoms with van der Waals surface area (Å²) in [6, 6.07) is 12.1. The van der Waals surface area contributed by atoms with Crippen LogP contribution in [-0.2, 0) is 0 Å². The van der Waals surface area contributed by atoms with E-state index in [1.807, 2.05) is 44.2 Å². The van der Waals surface area contributed by atoms with Gasteiger partial charge in [0.1, 0.15) is 11.5 Å². The lowest BCUT2D eigenvalue weighted by molar-refractivity contribution is 0.0938. The molecular weight excluding hydrogens is 324 g/mol. The number of amides is 1. The van der Waals surface area contributed by atoms with Crippen LogP contribution in [0.3, 0.4) is 0 Å². The van der Waals surface area contributed by atoms with Crippen molar-refractivity contribution in [2.45, 2.75) is 64.5 Å². The van der Waals surface area contributed by atoms with E-state index < -0.39 is 0 Å². The lowest BCUT2D eigenvalue weighted by atomic mass is 10.1. The van der Waals surface area contributed by atoms with E-state index in [9.17, 15) is 4.79 Å². The predicted octanol–water partition coefficient (Wildman–Crippen LogP) is 4.42. The highest BCUT2D eigenvalue weighted by atomic mass is 16.1. The molecule has 1 amide bonds. The monoisotopic (exact) mass is 352 g/mol. The fourth-order valence-corrected chi connectivity index (χ4v) is 3.32. The fraction of sp³-hybridized carbons (Fsp3) is 0.476. The number of nitrogens with one attached hydrogen (secondary N) is 2. The normalized spacial score (nSPS) is 15.5. The van der Waals surface area contributed by atoms with E-state index in [1.165, 1.54) is 25.7 Å². The molecular formula is C21H28N4O. The lowest BCUT2D eigenvalue weighted by Crippen LogP contribution is -2.31. The molecule has 2 N–H and O–H groups in total. The molecule has 1 aromatic carbocycles. The van der Waals surface area contributed by atoms with Gasteiger partial charge in [-0.1, -0.05) is 56.0 Å². The third-order valence-electron chi connectivity index (χ3n) is 4.62. The van der Waals surface area contributed by atoms with Crippen molar-refractivity contribution in [2.75, 3.05) is 5.32 Å². The van der Waals surface area contributed by atoms with Crippen LogP contribution in [0.4, 0.5) is 5.82 Å². The molecule has 1 heterocycles. The number of anilines is 1. The molecule has 1 aromatic heterocycles. The van der Waals surface area contributed by atoms with E-state index >= 15 is 0 Å². The summed E-state index contributed by atoms with van der Waals surface area (Å²) in [5.74, 6) is 1.15. The summed E-state index contributed by atoms with van der Waals surface area (Å²) in [6.45, 7) is 3.89. The topological polar surface area (TPSA) is 66.9 Å². The van der Waals surface area contributed by atoms with Crippen molar-refractivity contribution >= 4 is 11.7 Å². The molecule has 1 fully saturated rings. The van der Waals surface area contributed by atoms with E-state index in [4.69, 9.17) is 0 Å². The minimum absolute atomic E-state index is 0.0657. The second kappa shape index (κ2) is 8.79. The van der Waals surface area contributed by atoms with Gasteiger partial charge >= 0.3 is 0 Å². The second-order valence-electron chi connectivity index (χ2n) is 7.29. The van der Waals surface area contributed by atoms with Crippen molar-refractivity contribution in [3.8, 4) is 11.4 Å². The molecule has 138 valence electrons. The Hall–Kier alpha value is -2.43. The average molecular weight is 352 g/mol. The van der Waals surface area contributed by atoms with Gasteiger partial charge in [0, 0.05) is 23.7 Å². The first-order chi connectivity index (χ1) is 12.6. The first-order valence-corrected chi connectivity index (χ1v) is 9.64. The van der Waals surface area contributed by atoms with Gasteiger partial charge in [0.25, 0.3) is 5.91 Å². The lowest BCUT2D eigenvalue weighted by Gasteiger charge is -2.18. The summed E-state index contributed by atoms with van der Waals surface area (Å²) in [7, 11) is 0. The van der Waals surface area contributed by atoms with Gasteiger partial charge in [0.2, 0.25) is 0 Å². The van der Waals surface area contributed by atoms with Crippen LogP contribution in [0, 0.1) is 0 Å². The van der Waals surface area contributed by atoms with Crippen LogP contribution in [-0.4, -0.2) is 28.0 Å². The van der Waals surface area contributed by atoms with E-state index in [1.54, 1.807) is 6.07 Å². The minimum Gasteiger partial charge on any atom is -0.367 e. The van der Waals surface area contributed by atoms with Crippen LogP contribution in [0.2, 0.25) is 0 Å². The van der Waals surface area contributed by atoms with Gasteiger partial charge in [-0.3, -0.25) is 4.79 Å². The Morgan fingerprint density at radius 2 is 1.73 bits per heavy atom. The maximum atomic E-state index is 12.5. The molecule has 0 unspecified atom stereocenters. The molecule has 2 aromatic rings. The van der Waals surface area contributed by atoms with E-state index in [0.717, 1.165) is 24.2 Å². The zero-order chi connectivity index (χ0) is 18.4. The van der Waals surface area contributed by atoms with Gasteiger partial charge < -0.3 is 10.6 Å². The number of carbonyl (C=O) groups excluding carboxylic acids is 1. The molecule has 5 heteroatoms. The molecule has 0 spiro atoms. The van der Waals surface area contributed by atoms with Crippen LogP contribution in [0.25, 0.3) is 11.4 Å². The van der Waals surface area contributed by atoms with Gasteiger partial charge in [-0.2, -0.15) is 0 Å². The zero-order valence-corrected chi connectivity index (χ0v) is 15.7. The van der Waals surface area contributed by atoms with Crippen molar-refractivity contribution in [3.05, 3.63) is 42.1 Å². The van der Waals surface area contributed by atoms with Crippen LogP contribution < -0.4 is 10.6 Å². The van der Waals surface area contributed by atoms with Gasteiger partial charge in [-0.25, -0.2) is 9.97 Å². The SMILES string of the molecule is CC(C)NC(=O)c1cc(NC2CCCCCC2)nc(-c2ccccc2)n1. The van der Waals surface area contributed by atoms with Crippen molar-refractivity contribution in [1.29, 1.82) is 0 Å². The van der Waals surface area contributed by atoms with Gasteiger partial charge in [-0.15, -0.1) is 0 Å². The Balaban J connectivity index is 1.90. The van der Waals surface area contributed by atoms with Gasteiger partial charge in [0.15, 0.2) is 5.82 Å². The summed E-state index contributed by atoms with van der Waals surface area (Å²) < 4.78 is 0. The van der Waals surface area contributed by atoms with Crippen molar-refractivity contribution < 1.29 is 4.79 Å². The number of rotatable bonds is 5. The van der Waals surface area contributed by atoms with Gasteiger partial charge in [0.05, 0.1) is 0 Å². The predicted molar refractivity (Wildman–Crippen MR) is 105 cm³/mol. The van der Waals surface area contributed by atoms with E-state index in [2.05, 4.69) is 20.6 Å². The molecule has 5 nitrogen and oxygen atoms in total. The first kappa shape index (κ1) is 18.4. The molecule has 1 aliphatic rings. The standard InChI is InChI=1S/C21H28N4O/c1-15(2)22-21(26)18-14-19(23-17-12-8-3-4-9-13-17)25-20(24-18)16-10-6-5-7-11-16/h5-7,10-11,14-15,17H,3-4,8-9,12-13H2,1-2H3,(H,22,26)(H,23,24,25). The maximum absolute atomic E-state index is 12.5. The van der Waals surface area contributed by atoms with E-state index in [0.29, 0.717) is 17.6 Å². The molecule has 1 saturated carbocycles. The minimum atomic E-state index is -0.163. The molecule has 0 atom stereocenters. The third kappa shape index (κ3) is 5.04. The smallest absolute Gasteiger partial charge is 0.270 e. The molecule has 1 aliphatic carbocycles.